The van der Waals surface area contributed by atoms with E-state index in [-0.39, 0.29) is 17.8 Å². The number of carbonyl (C=O) groups excluding carboxylic acids is 3. The topological polar surface area (TPSA) is 69.7 Å². The van der Waals surface area contributed by atoms with Crippen LogP contribution in [-0.2, 0) is 16.0 Å². The number of halogens is 1. The van der Waals surface area contributed by atoms with Crippen molar-refractivity contribution < 1.29 is 28.2 Å². The quantitative estimate of drug-likeness (QED) is 0.560. The minimum Gasteiger partial charge on any atom is -0.496 e. The second kappa shape index (κ2) is 8.38. The van der Waals surface area contributed by atoms with Gasteiger partial charge in [-0.05, 0) is 56.3 Å². The zero-order chi connectivity index (χ0) is 19.3. The first kappa shape index (κ1) is 19.3. The largest absolute Gasteiger partial charge is 0.496 e. The number of hydrogen-bond acceptors (Lipinski definition) is 5. The van der Waals surface area contributed by atoms with Gasteiger partial charge in [-0.25, -0.2) is 4.39 Å². The number of rotatable bonds is 7. The Kier molecular flexibility index (Phi) is 6.22. The highest BCUT2D eigenvalue weighted by Crippen LogP contribution is 2.21. The highest BCUT2D eigenvalue weighted by molar-refractivity contribution is 6.00. The molecule has 0 bridgehead atoms. The molecule has 2 rings (SSSR count). The molecule has 0 aliphatic heterocycles. The van der Waals surface area contributed by atoms with Crippen LogP contribution < -0.4 is 4.74 Å². The second-order valence-corrected chi connectivity index (χ2v) is 5.76. The van der Waals surface area contributed by atoms with Crippen molar-refractivity contribution in [2.45, 2.75) is 26.4 Å². The number of methoxy groups -OCH3 is 1. The molecule has 0 spiro atoms. The molecule has 26 heavy (non-hydrogen) atoms. The molecule has 0 heterocycles. The van der Waals surface area contributed by atoms with Crippen LogP contribution in [0.1, 0.15) is 40.1 Å². The first-order valence-electron chi connectivity index (χ1n) is 7.99. The normalized spacial score (nSPS) is 11.5. The fourth-order valence-electron chi connectivity index (χ4n) is 2.43. The molecule has 136 valence electrons. The molecule has 1 atom stereocenters. The van der Waals surface area contributed by atoms with Gasteiger partial charge < -0.3 is 9.47 Å². The summed E-state index contributed by atoms with van der Waals surface area (Å²) in [5, 5.41) is 0. The van der Waals surface area contributed by atoms with E-state index in [1.54, 1.807) is 18.2 Å². The predicted octanol–water partition coefficient (Wildman–Crippen LogP) is 3.39. The van der Waals surface area contributed by atoms with Crippen LogP contribution in [-0.4, -0.2) is 30.7 Å². The highest BCUT2D eigenvalue weighted by atomic mass is 19.1. The molecule has 2 aromatic carbocycles. The van der Waals surface area contributed by atoms with Gasteiger partial charge in [-0.15, -0.1) is 0 Å². The van der Waals surface area contributed by atoms with Crippen molar-refractivity contribution in [3.63, 3.8) is 0 Å². The Balaban J connectivity index is 2.08. The van der Waals surface area contributed by atoms with Crippen molar-refractivity contribution in [1.82, 2.24) is 0 Å². The van der Waals surface area contributed by atoms with E-state index >= 15 is 0 Å². The number of ether oxygens (including phenoxy) is 2. The van der Waals surface area contributed by atoms with Crippen molar-refractivity contribution >= 4 is 17.5 Å². The molecule has 0 saturated carbocycles. The van der Waals surface area contributed by atoms with Gasteiger partial charge in [-0.1, -0.05) is 0 Å². The first-order valence-corrected chi connectivity index (χ1v) is 7.99. The lowest BCUT2D eigenvalue weighted by molar-refractivity contribution is -0.145. The van der Waals surface area contributed by atoms with Crippen molar-refractivity contribution in [1.29, 1.82) is 0 Å². The summed E-state index contributed by atoms with van der Waals surface area (Å²) in [5.74, 6) is -1.20. The molecular weight excluding hydrogens is 339 g/mol. The zero-order valence-electron chi connectivity index (χ0n) is 14.7. The summed E-state index contributed by atoms with van der Waals surface area (Å²) < 4.78 is 23.3. The molecule has 6 heteroatoms. The molecule has 0 radical (unpaired) electrons. The third kappa shape index (κ3) is 4.75. The van der Waals surface area contributed by atoms with E-state index < -0.39 is 23.7 Å². The summed E-state index contributed by atoms with van der Waals surface area (Å²) in [6.07, 6.45) is -1.17. The maximum Gasteiger partial charge on any atom is 0.311 e. The summed E-state index contributed by atoms with van der Waals surface area (Å²) in [5.41, 5.74) is 1.19. The molecule has 0 amide bonds. The Bertz CT molecular complexity index is 827. The predicted molar refractivity (Wildman–Crippen MR) is 93.0 cm³/mol. The van der Waals surface area contributed by atoms with Crippen LogP contribution in [0.2, 0.25) is 0 Å². The van der Waals surface area contributed by atoms with Gasteiger partial charge >= 0.3 is 5.97 Å². The van der Waals surface area contributed by atoms with Gasteiger partial charge in [-0.3, -0.25) is 14.4 Å². The van der Waals surface area contributed by atoms with E-state index in [0.29, 0.717) is 16.9 Å². The monoisotopic (exact) mass is 358 g/mol. The summed E-state index contributed by atoms with van der Waals surface area (Å²) in [4.78, 5) is 35.9. The van der Waals surface area contributed by atoms with Crippen molar-refractivity contribution in [2.75, 3.05) is 7.11 Å². The fourth-order valence-corrected chi connectivity index (χ4v) is 2.43. The Labute approximate surface area is 150 Å². The third-order valence-corrected chi connectivity index (χ3v) is 3.83. The van der Waals surface area contributed by atoms with Gasteiger partial charge in [0.15, 0.2) is 11.9 Å². The summed E-state index contributed by atoms with van der Waals surface area (Å²) in [6, 6.07) is 9.78. The zero-order valence-corrected chi connectivity index (χ0v) is 14.7. The summed E-state index contributed by atoms with van der Waals surface area (Å²) in [6.45, 7) is 2.88. The van der Waals surface area contributed by atoms with Crippen LogP contribution in [0.3, 0.4) is 0 Å². The summed E-state index contributed by atoms with van der Waals surface area (Å²) >= 11 is 0. The number of hydrogen-bond donors (Lipinski definition) is 0. The second-order valence-electron chi connectivity index (χ2n) is 5.76. The Morgan fingerprint density at radius 3 is 2.23 bits per heavy atom. The Hall–Kier alpha value is -3.02. The first-order chi connectivity index (χ1) is 12.3. The molecule has 0 N–H and O–H groups in total. The van der Waals surface area contributed by atoms with Crippen molar-refractivity contribution in [3.8, 4) is 5.75 Å². The van der Waals surface area contributed by atoms with Crippen molar-refractivity contribution in [2.24, 2.45) is 0 Å². The van der Waals surface area contributed by atoms with E-state index in [4.69, 9.17) is 9.47 Å². The van der Waals surface area contributed by atoms with Crippen molar-refractivity contribution in [3.05, 3.63) is 65.0 Å². The molecule has 0 aliphatic rings. The Morgan fingerprint density at radius 2 is 1.65 bits per heavy atom. The molecule has 0 aliphatic carbocycles. The van der Waals surface area contributed by atoms with Crippen LogP contribution in [0.5, 0.6) is 5.75 Å². The molecule has 0 fully saturated rings. The van der Waals surface area contributed by atoms with Gasteiger partial charge in [0, 0.05) is 16.7 Å². The fraction of sp³-hybridized carbons (Fsp3) is 0.250. The number of esters is 1. The lowest BCUT2D eigenvalue weighted by atomic mass is 10.0. The van der Waals surface area contributed by atoms with E-state index in [2.05, 4.69) is 0 Å². The van der Waals surface area contributed by atoms with Gasteiger partial charge in [-0.2, -0.15) is 0 Å². The number of carbonyl (C=O) groups is 3. The SMILES string of the molecule is COc1ccc(C(C)=O)cc1CC(=O)O[C@@H](C)C(=O)c1ccc(F)cc1. The molecule has 2 aromatic rings. The van der Waals surface area contributed by atoms with E-state index in [0.717, 1.165) is 0 Å². The minimum absolute atomic E-state index is 0.137. The number of Topliss-reactive ketones (excluding diaryl/α,β-unsaturated/α-hetero) is 2. The summed E-state index contributed by atoms with van der Waals surface area (Å²) in [7, 11) is 1.46. The Morgan fingerprint density at radius 1 is 1.04 bits per heavy atom. The lowest BCUT2D eigenvalue weighted by Gasteiger charge is -2.14. The van der Waals surface area contributed by atoms with Crippen LogP contribution >= 0.6 is 0 Å². The maximum absolute atomic E-state index is 12.9. The highest BCUT2D eigenvalue weighted by Gasteiger charge is 2.21. The molecule has 0 saturated heterocycles. The van der Waals surface area contributed by atoms with E-state index in [1.165, 1.54) is 45.2 Å². The molecule has 5 nitrogen and oxygen atoms in total. The van der Waals surface area contributed by atoms with Crippen LogP contribution in [0.4, 0.5) is 4.39 Å². The minimum atomic E-state index is -1.02. The van der Waals surface area contributed by atoms with E-state index in [1.807, 2.05) is 0 Å². The number of benzene rings is 2. The third-order valence-electron chi connectivity index (χ3n) is 3.83. The van der Waals surface area contributed by atoms with Gasteiger partial charge in [0.1, 0.15) is 11.6 Å². The van der Waals surface area contributed by atoms with Crippen LogP contribution in [0.15, 0.2) is 42.5 Å². The van der Waals surface area contributed by atoms with Crippen LogP contribution in [0, 0.1) is 5.82 Å². The average Bonchev–Trinajstić information content (AvgIpc) is 2.61. The van der Waals surface area contributed by atoms with Gasteiger partial charge in [0.05, 0.1) is 13.5 Å². The smallest absolute Gasteiger partial charge is 0.311 e. The molecular formula is C20H19FO5. The standard InChI is InChI=1S/C20H19FO5/c1-12(22)15-6-9-18(25-3)16(10-15)11-19(23)26-13(2)20(24)14-4-7-17(21)8-5-14/h4-10,13H,11H2,1-3H3/t13-/m0/s1. The van der Waals surface area contributed by atoms with Crippen LogP contribution in [0.25, 0.3) is 0 Å². The molecule has 0 aromatic heterocycles. The lowest BCUT2D eigenvalue weighted by Crippen LogP contribution is -2.25. The van der Waals surface area contributed by atoms with Gasteiger partial charge in [0.25, 0.3) is 0 Å². The van der Waals surface area contributed by atoms with E-state index in [9.17, 15) is 18.8 Å². The number of ketones is 2. The van der Waals surface area contributed by atoms with Gasteiger partial charge in [0.2, 0.25) is 5.78 Å². The maximum atomic E-state index is 12.9. The average molecular weight is 358 g/mol. The molecule has 0 unspecified atom stereocenters.